The van der Waals surface area contributed by atoms with Crippen molar-refractivity contribution >= 4 is 5.57 Å². The van der Waals surface area contributed by atoms with E-state index in [1.165, 1.54) is 0 Å². The first-order valence-corrected chi connectivity index (χ1v) is 4.35. The van der Waals surface area contributed by atoms with Crippen molar-refractivity contribution in [2.24, 2.45) is 5.92 Å². The van der Waals surface area contributed by atoms with E-state index in [0.717, 1.165) is 5.57 Å². The molecule has 0 fully saturated rings. The first kappa shape index (κ1) is 8.74. The number of rotatable bonds is 1. The Morgan fingerprint density at radius 3 is 2.93 bits per heavy atom. The predicted octanol–water partition coefficient (Wildman–Crippen LogP) is 1.92. The summed E-state index contributed by atoms with van der Waals surface area (Å²) in [5.74, 6) is 0.656. The Balaban J connectivity index is 2.34. The zero-order chi connectivity index (χ0) is 9.97. The highest BCUT2D eigenvalue weighted by Gasteiger charge is 2.09. The molecule has 1 atom stereocenters. The summed E-state index contributed by atoms with van der Waals surface area (Å²) in [5, 5.41) is 16.0. The van der Waals surface area contributed by atoms with Gasteiger partial charge in [-0.1, -0.05) is 36.3 Å². The van der Waals surface area contributed by atoms with E-state index in [1.807, 2.05) is 24.3 Å². The molecule has 0 bridgehead atoms. The molecule has 1 N–H and O–H groups in total. The molecule has 72 valence electrons. The first-order chi connectivity index (χ1) is 6.75. The van der Waals surface area contributed by atoms with Crippen molar-refractivity contribution in [3.8, 4) is 6.08 Å². The molecule has 0 amide bonds. The number of nitrogens with zero attached hydrogens (tertiary/aromatic N) is 2. The minimum atomic E-state index is -0.404. The molecule has 4 heteroatoms. The lowest BCUT2D eigenvalue weighted by Crippen LogP contribution is -1.86. The highest BCUT2D eigenvalue weighted by atomic mass is 16.5. The normalized spacial score (nSPS) is 20.6. The van der Waals surface area contributed by atoms with Crippen LogP contribution in [0.25, 0.3) is 5.57 Å². The van der Waals surface area contributed by atoms with Crippen molar-refractivity contribution in [2.75, 3.05) is 0 Å². The maximum absolute atomic E-state index is 8.91. The summed E-state index contributed by atoms with van der Waals surface area (Å²) >= 11 is 0. The van der Waals surface area contributed by atoms with Crippen LogP contribution in [0.15, 0.2) is 34.8 Å². The van der Waals surface area contributed by atoms with Gasteiger partial charge in [-0.3, -0.25) is 0 Å². The second kappa shape index (κ2) is 3.49. The van der Waals surface area contributed by atoms with Crippen LogP contribution in [0.1, 0.15) is 12.8 Å². The Morgan fingerprint density at radius 1 is 1.36 bits per heavy atom. The third-order valence-electron chi connectivity index (χ3n) is 1.91. The highest BCUT2D eigenvalue weighted by Crippen LogP contribution is 2.21. The van der Waals surface area contributed by atoms with Crippen molar-refractivity contribution in [2.45, 2.75) is 6.92 Å². The molecular formula is C10H10N2O2. The summed E-state index contributed by atoms with van der Waals surface area (Å²) in [6.45, 7) is 2.06. The van der Waals surface area contributed by atoms with Crippen molar-refractivity contribution in [1.82, 2.24) is 10.2 Å². The van der Waals surface area contributed by atoms with Crippen LogP contribution in [0.5, 0.6) is 6.08 Å². The molecule has 0 aromatic carbocycles. The summed E-state index contributed by atoms with van der Waals surface area (Å²) < 4.78 is 4.91. The zero-order valence-electron chi connectivity index (χ0n) is 7.71. The van der Waals surface area contributed by atoms with Gasteiger partial charge >= 0.3 is 6.08 Å². The minimum absolute atomic E-state index is 0.314. The summed E-state index contributed by atoms with van der Waals surface area (Å²) in [5.41, 5.74) is 0.829. The SMILES string of the molecule is CC1C=CC=CC(c2nnc(O)o2)=C1. The largest absolute Gasteiger partial charge is 0.465 e. The molecule has 14 heavy (non-hydrogen) atoms. The van der Waals surface area contributed by atoms with Crippen LogP contribution in [0.4, 0.5) is 0 Å². The van der Waals surface area contributed by atoms with Gasteiger partial charge in [0.25, 0.3) is 5.89 Å². The van der Waals surface area contributed by atoms with Crippen LogP contribution < -0.4 is 0 Å². The maximum atomic E-state index is 8.91. The van der Waals surface area contributed by atoms with Crippen LogP contribution in [-0.4, -0.2) is 15.3 Å². The summed E-state index contributed by atoms with van der Waals surface area (Å²) in [6, 6.07) is 0. The van der Waals surface area contributed by atoms with Crippen molar-refractivity contribution < 1.29 is 9.52 Å². The van der Waals surface area contributed by atoms with Crippen LogP contribution in [-0.2, 0) is 0 Å². The van der Waals surface area contributed by atoms with Crippen molar-refractivity contribution in [1.29, 1.82) is 0 Å². The van der Waals surface area contributed by atoms with E-state index in [0.29, 0.717) is 11.8 Å². The van der Waals surface area contributed by atoms with Gasteiger partial charge in [0.05, 0.1) is 0 Å². The van der Waals surface area contributed by atoms with E-state index in [-0.39, 0.29) is 0 Å². The second-order valence-corrected chi connectivity index (χ2v) is 3.11. The molecule has 0 radical (unpaired) electrons. The lowest BCUT2D eigenvalue weighted by molar-refractivity contribution is 0.313. The highest BCUT2D eigenvalue weighted by molar-refractivity contribution is 5.69. The Bertz CT molecular complexity index is 416. The van der Waals surface area contributed by atoms with Gasteiger partial charge in [0.1, 0.15) is 0 Å². The Kier molecular flexibility index (Phi) is 2.18. The van der Waals surface area contributed by atoms with Gasteiger partial charge in [0.15, 0.2) is 0 Å². The fraction of sp³-hybridized carbons (Fsp3) is 0.200. The molecule has 1 unspecified atom stereocenters. The molecule has 4 nitrogen and oxygen atoms in total. The first-order valence-electron chi connectivity index (χ1n) is 4.35. The number of hydrogen-bond acceptors (Lipinski definition) is 4. The van der Waals surface area contributed by atoms with Crippen LogP contribution in [0.2, 0.25) is 0 Å². The molecule has 1 heterocycles. The molecule has 1 aliphatic rings. The van der Waals surface area contributed by atoms with Crippen LogP contribution >= 0.6 is 0 Å². The van der Waals surface area contributed by atoms with Gasteiger partial charge in [0.2, 0.25) is 0 Å². The molecule has 2 rings (SSSR count). The number of aromatic nitrogens is 2. The average Bonchev–Trinajstić information content (AvgIpc) is 2.45. The molecule has 0 aliphatic heterocycles. The molecule has 0 saturated heterocycles. The Morgan fingerprint density at radius 2 is 2.21 bits per heavy atom. The van der Waals surface area contributed by atoms with E-state index >= 15 is 0 Å². The minimum Gasteiger partial charge on any atom is -0.465 e. The Labute approximate surface area is 81.3 Å². The average molecular weight is 190 g/mol. The summed E-state index contributed by atoms with van der Waals surface area (Å²) in [4.78, 5) is 0. The lowest BCUT2D eigenvalue weighted by Gasteiger charge is -1.97. The molecule has 1 aromatic rings. The van der Waals surface area contributed by atoms with E-state index in [4.69, 9.17) is 9.52 Å². The van der Waals surface area contributed by atoms with E-state index in [1.54, 1.807) is 0 Å². The zero-order valence-corrected chi connectivity index (χ0v) is 7.71. The molecular weight excluding hydrogens is 180 g/mol. The van der Waals surface area contributed by atoms with Gasteiger partial charge in [-0.15, -0.1) is 5.10 Å². The van der Waals surface area contributed by atoms with Crippen LogP contribution in [0.3, 0.4) is 0 Å². The fourth-order valence-corrected chi connectivity index (χ4v) is 1.27. The van der Waals surface area contributed by atoms with E-state index in [9.17, 15) is 0 Å². The topological polar surface area (TPSA) is 59.2 Å². The molecule has 0 spiro atoms. The standard InChI is InChI=1S/C10H10N2O2/c1-7-4-2-3-5-8(6-7)9-11-12-10(13)14-9/h2-7H,1H3,(H,12,13). The van der Waals surface area contributed by atoms with Gasteiger partial charge in [-0.25, -0.2) is 0 Å². The van der Waals surface area contributed by atoms with Crippen LogP contribution in [0, 0.1) is 5.92 Å². The van der Waals surface area contributed by atoms with E-state index < -0.39 is 6.08 Å². The van der Waals surface area contributed by atoms with Gasteiger partial charge in [0, 0.05) is 5.57 Å². The predicted molar refractivity (Wildman–Crippen MR) is 51.4 cm³/mol. The van der Waals surface area contributed by atoms with Crippen molar-refractivity contribution in [3.63, 3.8) is 0 Å². The van der Waals surface area contributed by atoms with Gasteiger partial charge in [-0.05, 0) is 12.0 Å². The molecule has 1 aromatic heterocycles. The third kappa shape index (κ3) is 1.74. The third-order valence-corrected chi connectivity index (χ3v) is 1.91. The maximum Gasteiger partial charge on any atom is 0.412 e. The monoisotopic (exact) mass is 190 g/mol. The Hall–Kier alpha value is -1.84. The fourth-order valence-electron chi connectivity index (χ4n) is 1.27. The van der Waals surface area contributed by atoms with Gasteiger partial charge in [-0.2, -0.15) is 0 Å². The quantitative estimate of drug-likeness (QED) is 0.734. The summed E-state index contributed by atoms with van der Waals surface area (Å²) in [7, 11) is 0. The van der Waals surface area contributed by atoms with Gasteiger partial charge < -0.3 is 9.52 Å². The molecule has 1 aliphatic carbocycles. The number of aromatic hydroxyl groups is 1. The van der Waals surface area contributed by atoms with Crippen molar-refractivity contribution in [3.05, 3.63) is 36.3 Å². The second-order valence-electron chi connectivity index (χ2n) is 3.11. The number of allylic oxidation sites excluding steroid dienone is 6. The van der Waals surface area contributed by atoms with E-state index in [2.05, 4.69) is 23.2 Å². The molecule has 0 saturated carbocycles. The lowest BCUT2D eigenvalue weighted by atomic mass is 10.1. The number of hydrogen-bond donors (Lipinski definition) is 1. The summed E-state index contributed by atoms with van der Waals surface area (Å²) in [6.07, 6.45) is 9.37. The smallest absolute Gasteiger partial charge is 0.412 e.